The Morgan fingerprint density at radius 1 is 1.19 bits per heavy atom. The molecular formula is C21H25N3O2S. The van der Waals surface area contributed by atoms with Gasteiger partial charge in [-0.2, -0.15) is 0 Å². The van der Waals surface area contributed by atoms with Crippen LogP contribution in [-0.2, 0) is 11.3 Å². The van der Waals surface area contributed by atoms with Crippen LogP contribution >= 0.6 is 11.8 Å². The van der Waals surface area contributed by atoms with E-state index in [1.165, 1.54) is 11.8 Å². The molecule has 0 saturated heterocycles. The second-order valence-corrected chi connectivity index (χ2v) is 7.60. The molecule has 0 aliphatic carbocycles. The second kappa shape index (κ2) is 8.95. The molecule has 27 heavy (non-hydrogen) atoms. The number of hydrogen-bond donors (Lipinski definition) is 1. The molecule has 1 amide bonds. The fourth-order valence-corrected chi connectivity index (χ4v) is 3.70. The number of nitrogens with one attached hydrogen (secondary N) is 1. The number of thioether (sulfide) groups is 1. The Bertz CT molecular complexity index is 921. The predicted octanol–water partition coefficient (Wildman–Crippen LogP) is 4.82. The molecule has 0 saturated carbocycles. The van der Waals surface area contributed by atoms with E-state index in [2.05, 4.69) is 29.8 Å². The molecule has 0 atom stereocenters. The van der Waals surface area contributed by atoms with Crippen molar-refractivity contribution in [2.24, 2.45) is 5.92 Å². The van der Waals surface area contributed by atoms with Gasteiger partial charge in [-0.05, 0) is 37.1 Å². The summed E-state index contributed by atoms with van der Waals surface area (Å²) in [5.74, 6) is 1.40. The zero-order valence-electron chi connectivity index (χ0n) is 15.9. The number of imidazole rings is 1. The fourth-order valence-electron chi connectivity index (χ4n) is 2.87. The molecule has 0 aliphatic heterocycles. The lowest BCUT2D eigenvalue weighted by Crippen LogP contribution is -2.15. The molecule has 2 aromatic carbocycles. The van der Waals surface area contributed by atoms with E-state index in [-0.39, 0.29) is 5.91 Å². The van der Waals surface area contributed by atoms with Gasteiger partial charge in [-0.3, -0.25) is 4.79 Å². The summed E-state index contributed by atoms with van der Waals surface area (Å²) in [6.45, 7) is 7.72. The van der Waals surface area contributed by atoms with E-state index in [1.807, 2.05) is 49.4 Å². The first-order valence-electron chi connectivity index (χ1n) is 9.18. The summed E-state index contributed by atoms with van der Waals surface area (Å²) in [5.41, 5.74) is 2.76. The van der Waals surface area contributed by atoms with E-state index in [0.29, 0.717) is 29.7 Å². The third kappa shape index (κ3) is 4.83. The molecule has 0 unspecified atom stereocenters. The first-order valence-corrected chi connectivity index (χ1v) is 10.2. The van der Waals surface area contributed by atoms with Crippen LogP contribution in [0.2, 0.25) is 0 Å². The summed E-state index contributed by atoms with van der Waals surface area (Å²) in [5, 5.41) is 3.81. The van der Waals surface area contributed by atoms with Crippen molar-refractivity contribution in [2.75, 3.05) is 17.7 Å². The Hall–Kier alpha value is -2.47. The fraction of sp³-hybridized carbons (Fsp3) is 0.333. The highest BCUT2D eigenvalue weighted by Crippen LogP contribution is 2.27. The van der Waals surface area contributed by atoms with Crippen molar-refractivity contribution < 1.29 is 9.53 Å². The SMILES string of the molecule is CCOc1ccccc1NC(=O)CSc1nc2ccccc2n1CC(C)C. The minimum absolute atomic E-state index is 0.0738. The van der Waals surface area contributed by atoms with Gasteiger partial charge in [0.2, 0.25) is 5.91 Å². The molecule has 3 aromatic rings. The van der Waals surface area contributed by atoms with Crippen molar-refractivity contribution in [3.63, 3.8) is 0 Å². The molecule has 0 radical (unpaired) electrons. The van der Waals surface area contributed by atoms with Crippen LogP contribution in [-0.4, -0.2) is 27.8 Å². The van der Waals surface area contributed by atoms with E-state index in [0.717, 1.165) is 22.7 Å². The molecule has 6 heteroatoms. The van der Waals surface area contributed by atoms with Gasteiger partial charge in [-0.1, -0.05) is 49.9 Å². The molecule has 5 nitrogen and oxygen atoms in total. The topological polar surface area (TPSA) is 56.1 Å². The molecule has 3 rings (SSSR count). The summed E-state index contributed by atoms with van der Waals surface area (Å²) in [4.78, 5) is 17.2. The number of carbonyl (C=O) groups excluding carboxylic acids is 1. The lowest BCUT2D eigenvalue weighted by atomic mass is 10.2. The van der Waals surface area contributed by atoms with Gasteiger partial charge in [0.05, 0.1) is 29.1 Å². The van der Waals surface area contributed by atoms with Crippen LogP contribution < -0.4 is 10.1 Å². The number of rotatable bonds is 8. The van der Waals surface area contributed by atoms with Crippen molar-refractivity contribution in [3.8, 4) is 5.75 Å². The maximum absolute atomic E-state index is 12.5. The largest absolute Gasteiger partial charge is 0.492 e. The van der Waals surface area contributed by atoms with Crippen molar-refractivity contribution in [1.82, 2.24) is 9.55 Å². The number of amides is 1. The first-order chi connectivity index (χ1) is 13.1. The minimum Gasteiger partial charge on any atom is -0.492 e. The predicted molar refractivity (Wildman–Crippen MR) is 112 cm³/mol. The van der Waals surface area contributed by atoms with Gasteiger partial charge in [0.1, 0.15) is 5.75 Å². The maximum Gasteiger partial charge on any atom is 0.234 e. The van der Waals surface area contributed by atoms with Crippen LogP contribution in [0.15, 0.2) is 53.7 Å². The molecule has 0 spiro atoms. The van der Waals surface area contributed by atoms with Gasteiger partial charge in [-0.15, -0.1) is 0 Å². The summed E-state index contributed by atoms with van der Waals surface area (Å²) in [7, 11) is 0. The number of carbonyl (C=O) groups is 1. The first kappa shape index (κ1) is 19.3. The standard InChI is InChI=1S/C21H25N3O2S/c1-4-26-19-12-8-6-10-17(19)22-20(25)14-27-21-23-16-9-5-7-11-18(16)24(21)13-15(2)3/h5-12,15H,4,13-14H2,1-3H3,(H,22,25). The Balaban J connectivity index is 1.72. The second-order valence-electron chi connectivity index (χ2n) is 6.65. The van der Waals surface area contributed by atoms with Gasteiger partial charge >= 0.3 is 0 Å². The number of nitrogens with zero attached hydrogens (tertiary/aromatic N) is 2. The summed E-state index contributed by atoms with van der Waals surface area (Å²) in [6, 6.07) is 15.6. The van der Waals surface area contributed by atoms with Crippen LogP contribution in [0.4, 0.5) is 5.69 Å². The molecule has 1 aromatic heterocycles. The van der Waals surface area contributed by atoms with E-state index in [9.17, 15) is 4.79 Å². The van der Waals surface area contributed by atoms with E-state index < -0.39 is 0 Å². The Morgan fingerprint density at radius 3 is 2.70 bits per heavy atom. The van der Waals surface area contributed by atoms with E-state index in [4.69, 9.17) is 9.72 Å². The minimum atomic E-state index is -0.0738. The highest BCUT2D eigenvalue weighted by atomic mass is 32.2. The highest BCUT2D eigenvalue weighted by Gasteiger charge is 2.14. The average molecular weight is 384 g/mol. The average Bonchev–Trinajstić information content (AvgIpc) is 2.99. The quantitative estimate of drug-likeness (QED) is 0.567. The molecule has 0 aliphatic rings. The normalized spacial score (nSPS) is 11.1. The number of hydrogen-bond acceptors (Lipinski definition) is 4. The Labute approximate surface area is 164 Å². The van der Waals surface area contributed by atoms with E-state index in [1.54, 1.807) is 0 Å². The number of benzene rings is 2. The van der Waals surface area contributed by atoms with Crippen LogP contribution in [0.1, 0.15) is 20.8 Å². The van der Waals surface area contributed by atoms with E-state index >= 15 is 0 Å². The van der Waals surface area contributed by atoms with Gasteiger partial charge in [0, 0.05) is 6.54 Å². The number of anilines is 1. The molecular weight excluding hydrogens is 358 g/mol. The smallest absolute Gasteiger partial charge is 0.234 e. The van der Waals surface area contributed by atoms with Crippen molar-refractivity contribution in [3.05, 3.63) is 48.5 Å². The molecule has 142 valence electrons. The van der Waals surface area contributed by atoms with Gasteiger partial charge < -0.3 is 14.6 Å². The molecule has 0 bridgehead atoms. The monoisotopic (exact) mass is 383 g/mol. The van der Waals surface area contributed by atoms with Crippen molar-refractivity contribution in [2.45, 2.75) is 32.5 Å². The Kier molecular flexibility index (Phi) is 6.40. The number of aromatic nitrogens is 2. The summed E-state index contributed by atoms with van der Waals surface area (Å²) in [6.07, 6.45) is 0. The van der Waals surface area contributed by atoms with Crippen molar-refractivity contribution in [1.29, 1.82) is 0 Å². The lowest BCUT2D eigenvalue weighted by molar-refractivity contribution is -0.113. The molecule has 1 heterocycles. The number of ether oxygens (including phenoxy) is 1. The third-order valence-electron chi connectivity index (χ3n) is 3.96. The van der Waals surface area contributed by atoms with Crippen LogP contribution in [0, 0.1) is 5.92 Å². The van der Waals surface area contributed by atoms with Crippen LogP contribution in [0.5, 0.6) is 5.75 Å². The summed E-state index contributed by atoms with van der Waals surface area (Å²) < 4.78 is 7.77. The molecule has 1 N–H and O–H groups in total. The van der Waals surface area contributed by atoms with Gasteiger partial charge in [0.25, 0.3) is 0 Å². The third-order valence-corrected chi connectivity index (χ3v) is 4.94. The van der Waals surface area contributed by atoms with Gasteiger partial charge in [0.15, 0.2) is 5.16 Å². The highest BCUT2D eigenvalue weighted by molar-refractivity contribution is 7.99. The molecule has 0 fully saturated rings. The van der Waals surface area contributed by atoms with Crippen molar-refractivity contribution >= 4 is 34.4 Å². The zero-order chi connectivity index (χ0) is 19.2. The lowest BCUT2D eigenvalue weighted by Gasteiger charge is -2.12. The van der Waals surface area contributed by atoms with Crippen LogP contribution in [0.25, 0.3) is 11.0 Å². The summed E-state index contributed by atoms with van der Waals surface area (Å²) >= 11 is 1.46. The maximum atomic E-state index is 12.5. The number of fused-ring (bicyclic) bond motifs is 1. The Morgan fingerprint density at radius 2 is 1.93 bits per heavy atom. The zero-order valence-corrected chi connectivity index (χ0v) is 16.8. The van der Waals surface area contributed by atoms with Crippen LogP contribution in [0.3, 0.4) is 0 Å². The van der Waals surface area contributed by atoms with Gasteiger partial charge in [-0.25, -0.2) is 4.98 Å². The number of para-hydroxylation sites is 4.